The fraction of sp³-hybridized carbons (Fsp3) is 0.417. The number of alkyl halides is 2. The maximum Gasteiger partial charge on any atom is 0.387 e. The summed E-state index contributed by atoms with van der Waals surface area (Å²) in [4.78, 5) is 11.4. The van der Waals surface area contributed by atoms with Gasteiger partial charge in [0.2, 0.25) is 5.91 Å². The summed E-state index contributed by atoms with van der Waals surface area (Å²) < 4.78 is 28.4. The Morgan fingerprint density at radius 1 is 1.39 bits per heavy atom. The molecule has 0 fully saturated rings. The number of carbonyl (C=O) groups excluding carboxylic acids is 1. The fourth-order valence-corrected chi connectivity index (χ4v) is 1.39. The number of halogens is 2. The summed E-state index contributed by atoms with van der Waals surface area (Å²) >= 11 is 0. The molecule has 0 bridgehead atoms. The van der Waals surface area contributed by atoms with E-state index < -0.39 is 12.7 Å². The van der Waals surface area contributed by atoms with E-state index in [1.54, 1.807) is 26.0 Å². The van der Waals surface area contributed by atoms with Gasteiger partial charge in [-0.2, -0.15) is 8.78 Å². The molecule has 100 valence electrons. The van der Waals surface area contributed by atoms with Crippen LogP contribution < -0.4 is 15.8 Å². The first-order chi connectivity index (χ1) is 8.40. The van der Waals surface area contributed by atoms with E-state index in [0.717, 1.165) is 0 Å². The Hall–Kier alpha value is -1.69. The van der Waals surface area contributed by atoms with Crippen molar-refractivity contribution in [2.24, 2.45) is 5.73 Å². The van der Waals surface area contributed by atoms with Crippen LogP contribution in [-0.4, -0.2) is 18.6 Å². The summed E-state index contributed by atoms with van der Waals surface area (Å²) in [5.74, 6) is -0.243. The van der Waals surface area contributed by atoms with Crippen molar-refractivity contribution in [2.45, 2.75) is 32.5 Å². The largest absolute Gasteiger partial charge is 0.435 e. The van der Waals surface area contributed by atoms with Crippen molar-refractivity contribution in [3.05, 3.63) is 29.8 Å². The summed E-state index contributed by atoms with van der Waals surface area (Å²) in [5, 5.41) is 2.67. The zero-order valence-electron chi connectivity index (χ0n) is 10.2. The third-order valence-electron chi connectivity index (χ3n) is 2.36. The van der Waals surface area contributed by atoms with Crippen molar-refractivity contribution in [1.82, 2.24) is 5.32 Å². The minimum absolute atomic E-state index is 0.0596. The number of amides is 1. The van der Waals surface area contributed by atoms with Crippen molar-refractivity contribution >= 4 is 5.91 Å². The number of nitrogens with two attached hydrogens (primary N) is 1. The molecule has 1 amide bonds. The van der Waals surface area contributed by atoms with Crippen LogP contribution in [0.5, 0.6) is 5.75 Å². The van der Waals surface area contributed by atoms with Gasteiger partial charge in [-0.05, 0) is 31.5 Å². The molecule has 1 aromatic carbocycles. The highest BCUT2D eigenvalue weighted by Gasteiger charge is 2.13. The van der Waals surface area contributed by atoms with Gasteiger partial charge in [0.15, 0.2) is 0 Å². The number of hydrogen-bond donors (Lipinski definition) is 2. The summed E-state index contributed by atoms with van der Waals surface area (Å²) in [6, 6.07) is 5.23. The molecule has 2 atom stereocenters. The maximum absolute atomic E-state index is 12.1. The van der Waals surface area contributed by atoms with Crippen LogP contribution in [0.1, 0.15) is 25.5 Å². The predicted octanol–water partition coefficient (Wildman–Crippen LogP) is 1.81. The quantitative estimate of drug-likeness (QED) is 0.846. The van der Waals surface area contributed by atoms with Gasteiger partial charge >= 0.3 is 6.61 Å². The van der Waals surface area contributed by atoms with Crippen LogP contribution >= 0.6 is 0 Å². The molecule has 0 radical (unpaired) electrons. The van der Waals surface area contributed by atoms with E-state index in [-0.39, 0.29) is 17.7 Å². The Morgan fingerprint density at radius 2 is 2.06 bits per heavy atom. The van der Waals surface area contributed by atoms with Gasteiger partial charge < -0.3 is 15.8 Å². The van der Waals surface area contributed by atoms with Crippen LogP contribution in [0, 0.1) is 0 Å². The van der Waals surface area contributed by atoms with E-state index >= 15 is 0 Å². The molecule has 0 aliphatic carbocycles. The van der Waals surface area contributed by atoms with E-state index in [0.29, 0.717) is 5.56 Å². The molecule has 0 heterocycles. The summed E-state index contributed by atoms with van der Waals surface area (Å²) in [6.07, 6.45) is 0. The average Bonchev–Trinajstić information content (AvgIpc) is 2.28. The first-order valence-electron chi connectivity index (χ1n) is 5.51. The smallest absolute Gasteiger partial charge is 0.387 e. The number of benzene rings is 1. The van der Waals surface area contributed by atoms with Gasteiger partial charge in [-0.25, -0.2) is 0 Å². The molecule has 0 aromatic heterocycles. The highest BCUT2D eigenvalue weighted by molar-refractivity contribution is 5.81. The molecule has 4 nitrogen and oxygen atoms in total. The van der Waals surface area contributed by atoms with Crippen molar-refractivity contribution in [3.63, 3.8) is 0 Å². The summed E-state index contributed by atoms with van der Waals surface area (Å²) in [6.45, 7) is 0.439. The van der Waals surface area contributed by atoms with E-state index in [2.05, 4.69) is 10.1 Å². The SMILES string of the molecule is CC(NC(=O)[C@H](C)N)c1cccc(OC(F)F)c1. The molecular formula is C12H16F2N2O2. The second-order valence-corrected chi connectivity index (χ2v) is 3.97. The lowest BCUT2D eigenvalue weighted by molar-refractivity contribution is -0.122. The van der Waals surface area contributed by atoms with Gasteiger partial charge in [0.1, 0.15) is 5.75 Å². The van der Waals surface area contributed by atoms with Crippen LogP contribution in [-0.2, 0) is 4.79 Å². The molecule has 1 aromatic rings. The molecule has 1 rings (SSSR count). The molecule has 0 aliphatic heterocycles. The standard InChI is InChI=1S/C12H16F2N2O2/c1-7(15)11(17)16-8(2)9-4-3-5-10(6-9)18-12(13)14/h3-8,12H,15H2,1-2H3,(H,16,17)/t7-,8?/m0/s1. The summed E-state index contributed by atoms with van der Waals surface area (Å²) in [7, 11) is 0. The monoisotopic (exact) mass is 258 g/mol. The zero-order valence-corrected chi connectivity index (χ0v) is 10.2. The minimum atomic E-state index is -2.87. The Labute approximate surface area is 104 Å². The summed E-state index contributed by atoms with van der Waals surface area (Å²) in [5.41, 5.74) is 6.09. The Balaban J connectivity index is 2.73. The van der Waals surface area contributed by atoms with Crippen molar-refractivity contribution < 1.29 is 18.3 Å². The number of carbonyl (C=O) groups is 1. The van der Waals surface area contributed by atoms with E-state index in [1.165, 1.54) is 12.1 Å². The van der Waals surface area contributed by atoms with Gasteiger partial charge in [0, 0.05) is 0 Å². The fourth-order valence-electron chi connectivity index (χ4n) is 1.39. The molecule has 1 unspecified atom stereocenters. The average molecular weight is 258 g/mol. The number of ether oxygens (including phenoxy) is 1. The lowest BCUT2D eigenvalue weighted by Crippen LogP contribution is -2.39. The van der Waals surface area contributed by atoms with Crippen LogP contribution in [0.2, 0.25) is 0 Å². The van der Waals surface area contributed by atoms with Crippen molar-refractivity contribution in [3.8, 4) is 5.75 Å². The van der Waals surface area contributed by atoms with Gasteiger partial charge in [0.25, 0.3) is 0 Å². The van der Waals surface area contributed by atoms with Crippen LogP contribution in [0.4, 0.5) is 8.78 Å². The minimum Gasteiger partial charge on any atom is -0.435 e. The highest BCUT2D eigenvalue weighted by Crippen LogP contribution is 2.20. The molecule has 0 saturated heterocycles. The van der Waals surface area contributed by atoms with Crippen molar-refractivity contribution in [1.29, 1.82) is 0 Å². The molecule has 0 aliphatic rings. The number of rotatable bonds is 5. The topological polar surface area (TPSA) is 64.4 Å². The second-order valence-electron chi connectivity index (χ2n) is 3.97. The lowest BCUT2D eigenvalue weighted by atomic mass is 10.1. The second kappa shape index (κ2) is 6.30. The molecule has 3 N–H and O–H groups in total. The maximum atomic E-state index is 12.1. The zero-order chi connectivity index (χ0) is 13.7. The van der Waals surface area contributed by atoms with E-state index in [4.69, 9.17) is 5.73 Å². The first-order valence-corrected chi connectivity index (χ1v) is 5.51. The third-order valence-corrected chi connectivity index (χ3v) is 2.36. The van der Waals surface area contributed by atoms with Gasteiger partial charge in [-0.15, -0.1) is 0 Å². The Kier molecular flexibility index (Phi) is 5.03. The van der Waals surface area contributed by atoms with Crippen LogP contribution in [0.3, 0.4) is 0 Å². The molecule has 0 spiro atoms. The first kappa shape index (κ1) is 14.4. The third kappa shape index (κ3) is 4.29. The van der Waals surface area contributed by atoms with Gasteiger partial charge in [0.05, 0.1) is 12.1 Å². The molecule has 6 heteroatoms. The van der Waals surface area contributed by atoms with E-state index in [9.17, 15) is 13.6 Å². The number of nitrogens with one attached hydrogen (secondary N) is 1. The van der Waals surface area contributed by atoms with Gasteiger partial charge in [-0.3, -0.25) is 4.79 Å². The van der Waals surface area contributed by atoms with E-state index in [1.807, 2.05) is 0 Å². The van der Waals surface area contributed by atoms with Crippen LogP contribution in [0.15, 0.2) is 24.3 Å². The Bertz CT molecular complexity index is 411. The molecule has 0 saturated carbocycles. The highest BCUT2D eigenvalue weighted by atomic mass is 19.3. The van der Waals surface area contributed by atoms with Gasteiger partial charge in [-0.1, -0.05) is 12.1 Å². The Morgan fingerprint density at radius 3 is 2.61 bits per heavy atom. The van der Waals surface area contributed by atoms with Crippen LogP contribution in [0.25, 0.3) is 0 Å². The molecule has 18 heavy (non-hydrogen) atoms. The molecular weight excluding hydrogens is 242 g/mol. The normalized spacial score (nSPS) is 14.1. The lowest BCUT2D eigenvalue weighted by Gasteiger charge is -2.16. The van der Waals surface area contributed by atoms with Crippen molar-refractivity contribution in [2.75, 3.05) is 0 Å². The number of hydrogen-bond acceptors (Lipinski definition) is 3. The predicted molar refractivity (Wildman–Crippen MR) is 63.3 cm³/mol.